The molecule has 3 rings (SSSR count). The highest BCUT2D eigenvalue weighted by Gasteiger charge is 2.27. The highest BCUT2D eigenvalue weighted by molar-refractivity contribution is 9.10. The van der Waals surface area contributed by atoms with E-state index in [1.165, 1.54) is 25.1 Å². The van der Waals surface area contributed by atoms with Crippen LogP contribution >= 0.6 is 15.9 Å². The maximum absolute atomic E-state index is 12.8. The molecule has 9 heteroatoms. The summed E-state index contributed by atoms with van der Waals surface area (Å²) in [7, 11) is -3.76. The summed E-state index contributed by atoms with van der Waals surface area (Å²) in [4.78, 5) is 23.7. The standard InChI is InChI=1S/C18H17BrN2O5S/c1-11(7-17(22)20-13-4-2-3-12(19)8-13)27(24,25)14-5-6-16-15(9-14)21-18(23)10-26-16/h2-6,8-9,11H,7,10H2,1H3,(H,20,22)(H,21,23). The van der Waals surface area contributed by atoms with Crippen LogP contribution in [0.1, 0.15) is 13.3 Å². The third-order valence-corrected chi connectivity index (χ3v) is 6.65. The maximum atomic E-state index is 12.8. The first kappa shape index (κ1) is 19.4. The number of sulfone groups is 1. The average Bonchev–Trinajstić information content (AvgIpc) is 2.60. The number of carbonyl (C=O) groups is 2. The molecule has 142 valence electrons. The first-order valence-electron chi connectivity index (χ1n) is 8.12. The lowest BCUT2D eigenvalue weighted by Gasteiger charge is -2.19. The number of halogens is 1. The molecule has 0 aromatic heterocycles. The van der Waals surface area contributed by atoms with E-state index in [-0.39, 0.29) is 23.8 Å². The van der Waals surface area contributed by atoms with Crippen molar-refractivity contribution in [3.05, 3.63) is 46.9 Å². The van der Waals surface area contributed by atoms with Crippen LogP contribution in [0.15, 0.2) is 51.8 Å². The van der Waals surface area contributed by atoms with Crippen LogP contribution in [0.3, 0.4) is 0 Å². The Labute approximate surface area is 165 Å². The molecule has 1 aliphatic rings. The molecule has 1 unspecified atom stereocenters. The monoisotopic (exact) mass is 452 g/mol. The van der Waals surface area contributed by atoms with Gasteiger partial charge in [-0.05, 0) is 43.3 Å². The molecule has 2 aromatic rings. The number of carbonyl (C=O) groups excluding carboxylic acids is 2. The van der Waals surface area contributed by atoms with Crippen molar-refractivity contribution in [1.82, 2.24) is 0 Å². The van der Waals surface area contributed by atoms with Gasteiger partial charge in [-0.2, -0.15) is 0 Å². The molecule has 0 radical (unpaired) electrons. The zero-order valence-corrected chi connectivity index (χ0v) is 16.8. The highest BCUT2D eigenvalue weighted by atomic mass is 79.9. The van der Waals surface area contributed by atoms with E-state index in [9.17, 15) is 18.0 Å². The van der Waals surface area contributed by atoms with Gasteiger partial charge in [0.1, 0.15) is 5.75 Å². The van der Waals surface area contributed by atoms with Crippen molar-refractivity contribution in [2.45, 2.75) is 23.5 Å². The normalized spacial score (nSPS) is 14.5. The number of fused-ring (bicyclic) bond motifs is 1. The largest absolute Gasteiger partial charge is 0.482 e. The predicted molar refractivity (Wildman–Crippen MR) is 105 cm³/mol. The minimum Gasteiger partial charge on any atom is -0.482 e. The van der Waals surface area contributed by atoms with Crippen molar-refractivity contribution in [3.8, 4) is 5.75 Å². The summed E-state index contributed by atoms with van der Waals surface area (Å²) in [6.45, 7) is 1.37. The molecular weight excluding hydrogens is 436 g/mol. The van der Waals surface area contributed by atoms with E-state index in [4.69, 9.17) is 4.74 Å². The minimum atomic E-state index is -3.76. The number of hydrogen-bond donors (Lipinski definition) is 2. The molecule has 0 aliphatic carbocycles. The van der Waals surface area contributed by atoms with Crippen molar-refractivity contribution in [2.75, 3.05) is 17.2 Å². The molecule has 1 atom stereocenters. The molecule has 27 heavy (non-hydrogen) atoms. The molecular formula is C18H17BrN2O5S. The molecule has 7 nitrogen and oxygen atoms in total. The smallest absolute Gasteiger partial charge is 0.262 e. The lowest BCUT2D eigenvalue weighted by atomic mass is 10.2. The number of anilines is 2. The Morgan fingerprint density at radius 1 is 1.30 bits per heavy atom. The van der Waals surface area contributed by atoms with Gasteiger partial charge in [-0.3, -0.25) is 9.59 Å². The Morgan fingerprint density at radius 3 is 2.81 bits per heavy atom. The summed E-state index contributed by atoms with van der Waals surface area (Å²) in [6, 6.07) is 11.3. The summed E-state index contributed by atoms with van der Waals surface area (Å²) in [5, 5.41) is 4.32. The van der Waals surface area contributed by atoms with Crippen molar-refractivity contribution >= 4 is 49.0 Å². The maximum Gasteiger partial charge on any atom is 0.262 e. The second-order valence-electron chi connectivity index (χ2n) is 6.11. The molecule has 2 amide bonds. The number of rotatable bonds is 5. The van der Waals surface area contributed by atoms with Gasteiger partial charge in [0.15, 0.2) is 16.4 Å². The third-order valence-electron chi connectivity index (χ3n) is 4.02. The Balaban J connectivity index is 1.73. The fraction of sp³-hybridized carbons (Fsp3) is 0.222. The minimum absolute atomic E-state index is 0.0230. The van der Waals surface area contributed by atoms with Crippen LogP contribution in [0.4, 0.5) is 11.4 Å². The van der Waals surface area contributed by atoms with Crippen molar-refractivity contribution in [2.24, 2.45) is 0 Å². The Kier molecular flexibility index (Phi) is 5.52. The van der Waals surface area contributed by atoms with E-state index >= 15 is 0 Å². The topological polar surface area (TPSA) is 102 Å². The summed E-state index contributed by atoms with van der Waals surface area (Å²) in [5.74, 6) is -0.342. The van der Waals surface area contributed by atoms with Crippen LogP contribution in [0.2, 0.25) is 0 Å². The second kappa shape index (κ2) is 7.69. The van der Waals surface area contributed by atoms with E-state index in [1.807, 2.05) is 6.07 Å². The Bertz CT molecular complexity index is 1010. The van der Waals surface area contributed by atoms with Gasteiger partial charge in [0.2, 0.25) is 5.91 Å². The van der Waals surface area contributed by atoms with Crippen molar-refractivity contribution in [1.29, 1.82) is 0 Å². The first-order chi connectivity index (χ1) is 12.8. The molecule has 0 bridgehead atoms. The predicted octanol–water partition coefficient (Wildman–Crippen LogP) is 2.97. The number of amides is 2. The summed E-state index contributed by atoms with van der Waals surface area (Å²) in [5.41, 5.74) is 0.880. The van der Waals surface area contributed by atoms with E-state index in [0.29, 0.717) is 17.1 Å². The van der Waals surface area contributed by atoms with E-state index < -0.39 is 21.0 Å². The SMILES string of the molecule is CC(CC(=O)Nc1cccc(Br)c1)S(=O)(=O)c1ccc2c(c1)NC(=O)CO2. The van der Waals surface area contributed by atoms with Crippen LogP contribution in [0.25, 0.3) is 0 Å². The molecule has 1 heterocycles. The van der Waals surface area contributed by atoms with Gasteiger partial charge in [-0.25, -0.2) is 8.42 Å². The number of nitrogens with one attached hydrogen (secondary N) is 2. The molecule has 0 fully saturated rings. The Morgan fingerprint density at radius 2 is 2.07 bits per heavy atom. The molecule has 0 saturated heterocycles. The highest BCUT2D eigenvalue weighted by Crippen LogP contribution is 2.31. The van der Waals surface area contributed by atoms with Crippen molar-refractivity contribution < 1.29 is 22.7 Å². The molecule has 1 aliphatic heterocycles. The molecule has 2 N–H and O–H groups in total. The van der Waals surface area contributed by atoms with E-state index in [2.05, 4.69) is 26.6 Å². The van der Waals surface area contributed by atoms with Gasteiger partial charge >= 0.3 is 0 Å². The quantitative estimate of drug-likeness (QED) is 0.725. The number of benzene rings is 2. The number of hydrogen-bond acceptors (Lipinski definition) is 5. The molecule has 0 saturated carbocycles. The third kappa shape index (κ3) is 4.48. The summed E-state index contributed by atoms with van der Waals surface area (Å²) in [6.07, 6.45) is -0.200. The van der Waals surface area contributed by atoms with E-state index in [0.717, 1.165) is 4.47 Å². The average molecular weight is 453 g/mol. The zero-order chi connectivity index (χ0) is 19.6. The zero-order valence-electron chi connectivity index (χ0n) is 14.4. The van der Waals surface area contributed by atoms with Crippen LogP contribution in [-0.2, 0) is 19.4 Å². The lowest BCUT2D eigenvalue weighted by molar-refractivity contribution is -0.118. The number of ether oxygens (including phenoxy) is 1. The van der Waals surface area contributed by atoms with Gasteiger partial charge < -0.3 is 15.4 Å². The van der Waals surface area contributed by atoms with Gasteiger partial charge in [0.05, 0.1) is 15.8 Å². The molecule has 0 spiro atoms. The van der Waals surface area contributed by atoms with Crippen molar-refractivity contribution in [3.63, 3.8) is 0 Å². The molecule has 2 aromatic carbocycles. The van der Waals surface area contributed by atoms with Crippen LogP contribution in [0.5, 0.6) is 5.75 Å². The van der Waals surface area contributed by atoms with E-state index in [1.54, 1.807) is 18.2 Å². The summed E-state index contributed by atoms with van der Waals surface area (Å²) < 4.78 is 31.6. The Hall–Kier alpha value is -2.39. The van der Waals surface area contributed by atoms with Gasteiger partial charge in [-0.1, -0.05) is 22.0 Å². The van der Waals surface area contributed by atoms with Gasteiger partial charge in [-0.15, -0.1) is 0 Å². The second-order valence-corrected chi connectivity index (χ2v) is 9.39. The van der Waals surface area contributed by atoms with Gasteiger partial charge in [0.25, 0.3) is 5.91 Å². The van der Waals surface area contributed by atoms with Crippen LogP contribution in [-0.4, -0.2) is 32.1 Å². The van der Waals surface area contributed by atoms with Gasteiger partial charge in [0, 0.05) is 16.6 Å². The fourth-order valence-corrected chi connectivity index (χ4v) is 4.40. The van der Waals surface area contributed by atoms with Crippen LogP contribution < -0.4 is 15.4 Å². The summed E-state index contributed by atoms with van der Waals surface area (Å²) >= 11 is 3.31. The fourth-order valence-electron chi connectivity index (χ4n) is 2.62. The van der Waals surface area contributed by atoms with Crippen LogP contribution in [0, 0.1) is 0 Å². The lowest BCUT2D eigenvalue weighted by Crippen LogP contribution is -2.27. The first-order valence-corrected chi connectivity index (χ1v) is 10.5.